The second-order valence-electron chi connectivity index (χ2n) is 4.67. The SMILES string of the molecule is C[C@@H](CN1C(=O)c2ccccc2C1=O)c1cnc[nH]1. The second-order valence-corrected chi connectivity index (χ2v) is 4.67. The van der Waals surface area contributed by atoms with Gasteiger partial charge in [0.15, 0.2) is 0 Å². The monoisotopic (exact) mass is 255 g/mol. The number of aromatic nitrogens is 2. The Morgan fingerprint density at radius 2 is 1.84 bits per heavy atom. The van der Waals surface area contributed by atoms with Gasteiger partial charge in [-0.1, -0.05) is 19.1 Å². The minimum Gasteiger partial charge on any atom is -0.348 e. The number of benzene rings is 1. The van der Waals surface area contributed by atoms with Crippen LogP contribution >= 0.6 is 0 Å². The molecule has 96 valence electrons. The van der Waals surface area contributed by atoms with Gasteiger partial charge in [0.05, 0.1) is 17.5 Å². The van der Waals surface area contributed by atoms with Crippen molar-refractivity contribution in [1.29, 1.82) is 0 Å². The summed E-state index contributed by atoms with van der Waals surface area (Å²) >= 11 is 0. The van der Waals surface area contributed by atoms with E-state index in [0.29, 0.717) is 17.7 Å². The van der Waals surface area contributed by atoms with Crippen LogP contribution in [-0.4, -0.2) is 33.2 Å². The third kappa shape index (κ3) is 1.83. The summed E-state index contributed by atoms with van der Waals surface area (Å²) < 4.78 is 0. The highest BCUT2D eigenvalue weighted by atomic mass is 16.2. The molecule has 1 aromatic heterocycles. The van der Waals surface area contributed by atoms with Crippen molar-refractivity contribution in [2.45, 2.75) is 12.8 Å². The van der Waals surface area contributed by atoms with Gasteiger partial charge in [-0.25, -0.2) is 4.98 Å². The molecule has 0 bridgehead atoms. The first-order valence-electron chi connectivity index (χ1n) is 6.12. The van der Waals surface area contributed by atoms with E-state index >= 15 is 0 Å². The first-order valence-corrected chi connectivity index (χ1v) is 6.12. The number of H-pyrrole nitrogens is 1. The third-order valence-corrected chi connectivity index (χ3v) is 3.38. The molecule has 19 heavy (non-hydrogen) atoms. The molecule has 1 atom stereocenters. The van der Waals surface area contributed by atoms with Gasteiger partial charge in [-0.05, 0) is 12.1 Å². The number of imidazole rings is 1. The Hall–Kier alpha value is -2.43. The van der Waals surface area contributed by atoms with Crippen molar-refractivity contribution in [2.75, 3.05) is 6.54 Å². The van der Waals surface area contributed by atoms with Crippen LogP contribution in [0.4, 0.5) is 0 Å². The van der Waals surface area contributed by atoms with Crippen LogP contribution in [0.2, 0.25) is 0 Å². The number of rotatable bonds is 3. The molecule has 3 rings (SSSR count). The maximum Gasteiger partial charge on any atom is 0.261 e. The molecule has 2 amide bonds. The normalized spacial score (nSPS) is 15.7. The zero-order valence-electron chi connectivity index (χ0n) is 10.5. The van der Waals surface area contributed by atoms with E-state index in [-0.39, 0.29) is 17.7 Å². The highest BCUT2D eigenvalue weighted by Gasteiger charge is 2.35. The Bertz CT molecular complexity index is 599. The molecule has 0 spiro atoms. The van der Waals surface area contributed by atoms with Gasteiger partial charge in [0.1, 0.15) is 0 Å². The lowest BCUT2D eigenvalue weighted by Crippen LogP contribution is -2.33. The van der Waals surface area contributed by atoms with E-state index < -0.39 is 0 Å². The average molecular weight is 255 g/mol. The quantitative estimate of drug-likeness (QED) is 0.850. The maximum absolute atomic E-state index is 12.2. The molecule has 0 unspecified atom stereocenters. The summed E-state index contributed by atoms with van der Waals surface area (Å²) in [4.78, 5) is 32.6. The summed E-state index contributed by atoms with van der Waals surface area (Å²) in [5.41, 5.74) is 1.89. The van der Waals surface area contributed by atoms with Crippen molar-refractivity contribution >= 4 is 11.8 Å². The lowest BCUT2D eigenvalue weighted by molar-refractivity contribution is 0.0646. The van der Waals surface area contributed by atoms with Crippen molar-refractivity contribution in [3.05, 3.63) is 53.6 Å². The van der Waals surface area contributed by atoms with Gasteiger partial charge >= 0.3 is 0 Å². The first-order chi connectivity index (χ1) is 9.18. The fourth-order valence-corrected chi connectivity index (χ4v) is 2.31. The molecule has 1 aliphatic heterocycles. The van der Waals surface area contributed by atoms with Gasteiger partial charge in [0.25, 0.3) is 11.8 Å². The number of fused-ring (bicyclic) bond motifs is 1. The second kappa shape index (κ2) is 4.35. The Labute approximate surface area is 110 Å². The topological polar surface area (TPSA) is 66.1 Å². The van der Waals surface area contributed by atoms with Crippen LogP contribution in [0.5, 0.6) is 0 Å². The summed E-state index contributed by atoms with van der Waals surface area (Å²) in [5.74, 6) is -0.399. The summed E-state index contributed by atoms with van der Waals surface area (Å²) in [6.07, 6.45) is 3.30. The van der Waals surface area contributed by atoms with Crippen molar-refractivity contribution in [1.82, 2.24) is 14.9 Å². The number of hydrogen-bond acceptors (Lipinski definition) is 3. The molecule has 1 N–H and O–H groups in total. The zero-order chi connectivity index (χ0) is 13.4. The molecule has 1 aromatic carbocycles. The van der Waals surface area contributed by atoms with Crippen LogP contribution in [0.25, 0.3) is 0 Å². The smallest absolute Gasteiger partial charge is 0.261 e. The molecular weight excluding hydrogens is 242 g/mol. The van der Waals surface area contributed by atoms with E-state index in [1.807, 2.05) is 6.92 Å². The molecular formula is C14H13N3O2. The summed E-state index contributed by atoms with van der Waals surface area (Å²) in [6, 6.07) is 6.92. The predicted molar refractivity (Wildman–Crippen MR) is 68.8 cm³/mol. The van der Waals surface area contributed by atoms with Crippen LogP contribution in [0.3, 0.4) is 0 Å². The predicted octanol–water partition coefficient (Wildman–Crippen LogP) is 1.81. The van der Waals surface area contributed by atoms with Crippen molar-refractivity contribution in [3.8, 4) is 0 Å². The minimum atomic E-state index is -0.216. The number of amides is 2. The molecule has 0 radical (unpaired) electrons. The number of carbonyl (C=O) groups excluding carboxylic acids is 2. The number of carbonyl (C=O) groups is 2. The third-order valence-electron chi connectivity index (χ3n) is 3.38. The molecule has 5 heteroatoms. The van der Waals surface area contributed by atoms with Crippen LogP contribution in [-0.2, 0) is 0 Å². The van der Waals surface area contributed by atoms with Crippen LogP contribution in [0.15, 0.2) is 36.8 Å². The molecule has 2 aromatic rings. The molecule has 5 nitrogen and oxygen atoms in total. The Morgan fingerprint density at radius 3 is 2.37 bits per heavy atom. The van der Waals surface area contributed by atoms with Gasteiger partial charge in [-0.15, -0.1) is 0 Å². The van der Waals surface area contributed by atoms with Gasteiger partial charge in [0.2, 0.25) is 0 Å². The fraction of sp³-hybridized carbons (Fsp3) is 0.214. The highest BCUT2D eigenvalue weighted by molar-refractivity contribution is 6.21. The number of aromatic amines is 1. The summed E-state index contributed by atoms with van der Waals surface area (Å²) in [5, 5.41) is 0. The fourth-order valence-electron chi connectivity index (χ4n) is 2.31. The molecule has 0 fully saturated rings. The molecule has 2 heterocycles. The number of imide groups is 1. The van der Waals surface area contributed by atoms with E-state index in [0.717, 1.165) is 5.69 Å². The zero-order valence-corrected chi connectivity index (χ0v) is 10.5. The maximum atomic E-state index is 12.2. The molecule has 0 saturated carbocycles. The number of nitrogens with zero attached hydrogens (tertiary/aromatic N) is 2. The Morgan fingerprint density at radius 1 is 1.21 bits per heavy atom. The van der Waals surface area contributed by atoms with E-state index in [1.165, 1.54) is 4.90 Å². The average Bonchev–Trinajstić information content (AvgIpc) is 3.03. The van der Waals surface area contributed by atoms with Crippen molar-refractivity contribution < 1.29 is 9.59 Å². The first kappa shape index (κ1) is 11.6. The lowest BCUT2D eigenvalue weighted by Gasteiger charge is -2.18. The van der Waals surface area contributed by atoms with Crippen molar-refractivity contribution in [3.63, 3.8) is 0 Å². The Balaban J connectivity index is 1.85. The van der Waals surface area contributed by atoms with E-state index in [2.05, 4.69) is 9.97 Å². The van der Waals surface area contributed by atoms with Crippen LogP contribution in [0.1, 0.15) is 39.3 Å². The van der Waals surface area contributed by atoms with E-state index in [9.17, 15) is 9.59 Å². The molecule has 0 aliphatic carbocycles. The van der Waals surface area contributed by atoms with Gasteiger partial charge in [-0.3, -0.25) is 14.5 Å². The van der Waals surface area contributed by atoms with Crippen molar-refractivity contribution in [2.24, 2.45) is 0 Å². The summed E-state index contributed by atoms with van der Waals surface area (Å²) in [6.45, 7) is 2.31. The van der Waals surface area contributed by atoms with Gasteiger partial charge in [-0.2, -0.15) is 0 Å². The lowest BCUT2D eigenvalue weighted by atomic mass is 10.1. The molecule has 1 aliphatic rings. The highest BCUT2D eigenvalue weighted by Crippen LogP contribution is 2.25. The summed E-state index contributed by atoms with van der Waals surface area (Å²) in [7, 11) is 0. The Kier molecular flexibility index (Phi) is 2.67. The molecule has 0 saturated heterocycles. The van der Waals surface area contributed by atoms with Crippen LogP contribution in [0, 0.1) is 0 Å². The number of nitrogens with one attached hydrogen (secondary N) is 1. The standard InChI is InChI=1S/C14H13N3O2/c1-9(12-6-15-8-16-12)7-17-13(18)10-4-2-3-5-11(10)14(17)19/h2-6,8-9H,7H2,1H3,(H,15,16)/t9-/m0/s1. The van der Waals surface area contributed by atoms with Gasteiger partial charge in [0, 0.05) is 24.4 Å². The van der Waals surface area contributed by atoms with Gasteiger partial charge < -0.3 is 4.98 Å². The van der Waals surface area contributed by atoms with Crippen LogP contribution < -0.4 is 0 Å². The van der Waals surface area contributed by atoms with E-state index in [1.54, 1.807) is 36.8 Å². The largest absolute Gasteiger partial charge is 0.348 e. The number of hydrogen-bond donors (Lipinski definition) is 1. The minimum absolute atomic E-state index is 0.0321. The van der Waals surface area contributed by atoms with E-state index in [4.69, 9.17) is 0 Å².